The Balaban J connectivity index is 3.18. The SMILES string of the molecule is OOCC(COF)OF. The lowest BCUT2D eigenvalue weighted by molar-refractivity contribution is -0.303. The Bertz CT molecular complexity index is 55.8. The Morgan fingerprint density at radius 3 is 2.33 bits per heavy atom. The maximum atomic E-state index is 11.1. The molecule has 1 unspecified atom stereocenters. The van der Waals surface area contributed by atoms with Gasteiger partial charge in [-0.25, -0.2) is 4.89 Å². The van der Waals surface area contributed by atoms with Crippen molar-refractivity contribution in [2.24, 2.45) is 0 Å². The van der Waals surface area contributed by atoms with E-state index in [-0.39, 0.29) is 0 Å². The second kappa shape index (κ2) is 5.83. The van der Waals surface area contributed by atoms with Crippen LogP contribution in [0.15, 0.2) is 0 Å². The van der Waals surface area contributed by atoms with E-state index >= 15 is 0 Å². The summed E-state index contributed by atoms with van der Waals surface area (Å²) >= 11 is 0. The number of rotatable bonds is 5. The van der Waals surface area contributed by atoms with Crippen LogP contribution in [-0.4, -0.2) is 24.6 Å². The van der Waals surface area contributed by atoms with Gasteiger partial charge in [0.1, 0.15) is 13.2 Å². The molecule has 0 aromatic carbocycles. The van der Waals surface area contributed by atoms with Crippen molar-refractivity contribution in [3.8, 4) is 0 Å². The fraction of sp³-hybridized carbons (Fsp3) is 1.00. The first-order valence-corrected chi connectivity index (χ1v) is 2.12. The Kier molecular flexibility index (Phi) is 5.64. The van der Waals surface area contributed by atoms with Gasteiger partial charge in [0, 0.05) is 0 Å². The molecule has 1 N–H and O–H groups in total. The summed E-state index contributed by atoms with van der Waals surface area (Å²) in [6.45, 7) is -1.09. The minimum Gasteiger partial charge on any atom is -0.252 e. The van der Waals surface area contributed by atoms with Gasteiger partial charge in [0.25, 0.3) is 0 Å². The van der Waals surface area contributed by atoms with Gasteiger partial charge in [-0.15, -0.1) is 0 Å². The smallest absolute Gasteiger partial charge is 0.151 e. The Morgan fingerprint density at radius 1 is 1.33 bits per heavy atom. The summed E-state index contributed by atoms with van der Waals surface area (Å²) in [7, 11) is 0. The molecule has 4 nitrogen and oxygen atoms in total. The summed E-state index contributed by atoms with van der Waals surface area (Å²) < 4.78 is 22.0. The first-order valence-electron chi connectivity index (χ1n) is 2.12. The van der Waals surface area contributed by atoms with Gasteiger partial charge in [-0.1, -0.05) is 0 Å². The maximum Gasteiger partial charge on any atom is 0.151 e. The number of halogens is 2. The third kappa shape index (κ3) is 4.22. The molecule has 0 amide bonds. The lowest BCUT2D eigenvalue weighted by atomic mass is 10.4. The van der Waals surface area contributed by atoms with E-state index in [0.717, 1.165) is 0 Å². The van der Waals surface area contributed by atoms with Crippen LogP contribution < -0.4 is 0 Å². The summed E-state index contributed by atoms with van der Waals surface area (Å²) in [5.41, 5.74) is 0. The monoisotopic (exact) mass is 144 g/mol. The van der Waals surface area contributed by atoms with Crippen LogP contribution in [0.1, 0.15) is 0 Å². The molecule has 0 rings (SSSR count). The van der Waals surface area contributed by atoms with E-state index in [4.69, 9.17) is 5.26 Å². The van der Waals surface area contributed by atoms with Crippen molar-refractivity contribution in [2.75, 3.05) is 13.2 Å². The molecule has 0 saturated carbocycles. The molecule has 1 atom stereocenters. The van der Waals surface area contributed by atoms with Crippen molar-refractivity contribution in [1.82, 2.24) is 0 Å². The van der Waals surface area contributed by atoms with Crippen LogP contribution >= 0.6 is 0 Å². The van der Waals surface area contributed by atoms with E-state index in [0.29, 0.717) is 0 Å². The van der Waals surface area contributed by atoms with E-state index < -0.39 is 19.3 Å². The highest BCUT2D eigenvalue weighted by Crippen LogP contribution is 1.94. The highest BCUT2D eigenvalue weighted by Gasteiger charge is 2.10. The largest absolute Gasteiger partial charge is 0.252 e. The molecule has 0 saturated heterocycles. The minimum atomic E-state index is -1.22. The zero-order valence-corrected chi connectivity index (χ0v) is 4.42. The molecule has 0 heterocycles. The summed E-state index contributed by atoms with van der Waals surface area (Å²) in [6, 6.07) is 0. The van der Waals surface area contributed by atoms with Crippen molar-refractivity contribution < 1.29 is 29.1 Å². The van der Waals surface area contributed by atoms with Crippen molar-refractivity contribution in [3.05, 3.63) is 0 Å². The van der Waals surface area contributed by atoms with Crippen molar-refractivity contribution in [2.45, 2.75) is 6.10 Å². The molecular weight excluding hydrogens is 138 g/mol. The molecule has 0 aromatic heterocycles. The first kappa shape index (κ1) is 8.70. The molecule has 0 aliphatic heterocycles. The number of hydrogen-bond acceptors (Lipinski definition) is 4. The molecule has 0 fully saturated rings. The minimum absolute atomic E-state index is 0.472. The van der Waals surface area contributed by atoms with E-state index in [2.05, 4.69) is 14.8 Å². The molecule has 0 aliphatic carbocycles. The van der Waals surface area contributed by atoms with E-state index in [1.54, 1.807) is 0 Å². The molecule has 0 spiro atoms. The fourth-order valence-corrected chi connectivity index (χ4v) is 0.253. The van der Waals surface area contributed by atoms with Gasteiger partial charge in [0.2, 0.25) is 0 Å². The lowest BCUT2D eigenvalue weighted by Crippen LogP contribution is -2.20. The Hall–Kier alpha value is -0.300. The van der Waals surface area contributed by atoms with Crippen LogP contribution in [0.2, 0.25) is 0 Å². The molecule has 0 bridgehead atoms. The van der Waals surface area contributed by atoms with Gasteiger partial charge in [-0.2, -0.15) is 9.88 Å². The van der Waals surface area contributed by atoms with Gasteiger partial charge in [-0.3, -0.25) is 5.26 Å². The summed E-state index contributed by atoms with van der Waals surface area (Å²) in [5, 5.41) is 7.67. The molecular formula is C3H6F2O4. The summed E-state index contributed by atoms with van der Waals surface area (Å²) in [6.07, 6.45) is -1.22. The van der Waals surface area contributed by atoms with E-state index in [9.17, 15) is 9.05 Å². The molecule has 56 valence electrons. The van der Waals surface area contributed by atoms with Crippen LogP contribution in [-0.2, 0) is 14.8 Å². The van der Waals surface area contributed by atoms with E-state index in [1.165, 1.54) is 0 Å². The summed E-state index contributed by atoms with van der Waals surface area (Å²) in [4.78, 5) is 9.51. The second-order valence-electron chi connectivity index (χ2n) is 1.28. The lowest BCUT2D eigenvalue weighted by Gasteiger charge is -2.04. The average Bonchev–Trinajstić information content (AvgIpc) is 1.88. The van der Waals surface area contributed by atoms with Crippen LogP contribution in [0.5, 0.6) is 0 Å². The van der Waals surface area contributed by atoms with Crippen molar-refractivity contribution in [3.63, 3.8) is 0 Å². The highest BCUT2D eigenvalue weighted by molar-refractivity contribution is 4.48. The quantitative estimate of drug-likeness (QED) is 0.454. The molecule has 0 aromatic rings. The third-order valence-electron chi connectivity index (χ3n) is 0.635. The Labute approximate surface area is 49.7 Å². The van der Waals surface area contributed by atoms with E-state index in [1.807, 2.05) is 0 Å². The molecule has 6 heteroatoms. The normalized spacial score (nSPS) is 13.7. The molecule has 0 radical (unpaired) electrons. The zero-order chi connectivity index (χ0) is 7.11. The van der Waals surface area contributed by atoms with Gasteiger partial charge in [0.15, 0.2) is 6.10 Å². The maximum absolute atomic E-state index is 11.1. The van der Waals surface area contributed by atoms with Gasteiger partial charge in [-0.05, 0) is 9.05 Å². The summed E-state index contributed by atoms with van der Waals surface area (Å²) in [5.74, 6) is 0. The number of hydrogen-bond donors (Lipinski definition) is 1. The van der Waals surface area contributed by atoms with Gasteiger partial charge >= 0.3 is 0 Å². The topological polar surface area (TPSA) is 47.9 Å². The Morgan fingerprint density at radius 2 is 2.00 bits per heavy atom. The zero-order valence-electron chi connectivity index (χ0n) is 4.42. The second-order valence-corrected chi connectivity index (χ2v) is 1.28. The molecule has 0 aliphatic rings. The molecule has 9 heavy (non-hydrogen) atoms. The fourth-order valence-electron chi connectivity index (χ4n) is 0.253. The standard InChI is InChI=1S/C3H6F2O4/c4-7-1-3(9-5)2-8-6/h3,6H,1-2H2. The highest BCUT2D eigenvalue weighted by atomic mass is 19.3. The van der Waals surface area contributed by atoms with Crippen LogP contribution in [0.3, 0.4) is 0 Å². The third-order valence-corrected chi connectivity index (χ3v) is 0.635. The predicted octanol–water partition coefficient (Wildman–Crippen LogP) is 0.647. The first-order chi connectivity index (χ1) is 4.35. The predicted molar refractivity (Wildman–Crippen MR) is 21.6 cm³/mol. The average molecular weight is 144 g/mol. The van der Waals surface area contributed by atoms with Crippen LogP contribution in [0, 0.1) is 0 Å². The van der Waals surface area contributed by atoms with Gasteiger partial charge in [0.05, 0.1) is 0 Å². The van der Waals surface area contributed by atoms with Crippen LogP contribution in [0.25, 0.3) is 0 Å². The van der Waals surface area contributed by atoms with Gasteiger partial charge < -0.3 is 0 Å². The van der Waals surface area contributed by atoms with Crippen molar-refractivity contribution in [1.29, 1.82) is 0 Å². The van der Waals surface area contributed by atoms with Crippen molar-refractivity contribution >= 4 is 0 Å². The van der Waals surface area contributed by atoms with Crippen LogP contribution in [0.4, 0.5) is 9.05 Å².